The first-order valence-corrected chi connectivity index (χ1v) is 12.2. The number of carbonyl (C=O) groups is 1. The molecule has 0 bridgehead atoms. The zero-order valence-electron chi connectivity index (χ0n) is 18.0. The summed E-state index contributed by atoms with van der Waals surface area (Å²) in [7, 11) is 1.40. The number of hydrogen-bond donors (Lipinski definition) is 1. The maximum atomic E-state index is 12.3. The van der Waals surface area contributed by atoms with Crippen LogP contribution >= 0.6 is 23.1 Å². The maximum absolute atomic E-state index is 12.3. The number of thiophene rings is 1. The molecule has 0 spiro atoms. The van der Waals surface area contributed by atoms with Crippen LogP contribution in [0.25, 0.3) is 33.5 Å². The van der Waals surface area contributed by atoms with Gasteiger partial charge in [0.15, 0.2) is 5.16 Å². The predicted octanol–water partition coefficient (Wildman–Crippen LogP) is 4.89. The lowest BCUT2D eigenvalue weighted by molar-refractivity contribution is 0.0608. The summed E-state index contributed by atoms with van der Waals surface area (Å²) in [5.74, 6) is 1.12. The molecule has 166 valence electrons. The number of methoxy groups -OCH3 is 1. The number of hydrogen-bond acceptors (Lipinski definition) is 8. The molecule has 33 heavy (non-hydrogen) atoms. The molecule has 3 heterocycles. The highest BCUT2D eigenvalue weighted by molar-refractivity contribution is 7.99. The Balaban J connectivity index is 1.50. The van der Waals surface area contributed by atoms with Crippen molar-refractivity contribution >= 4 is 40.1 Å². The quantitative estimate of drug-likeness (QED) is 0.264. The summed E-state index contributed by atoms with van der Waals surface area (Å²) < 4.78 is 7.10. The van der Waals surface area contributed by atoms with Gasteiger partial charge in [-0.2, -0.15) is 5.21 Å². The topological polar surface area (TPSA) is 98.6 Å². The molecule has 1 N–H and O–H groups in total. The molecule has 0 atom stereocenters. The number of nitrogens with one attached hydrogen (secondary N) is 1. The Kier molecular flexibility index (Phi) is 5.93. The monoisotopic (exact) mass is 476 g/mol. The van der Waals surface area contributed by atoms with Gasteiger partial charge in [-0.25, -0.2) is 9.78 Å². The summed E-state index contributed by atoms with van der Waals surface area (Å²) in [6.07, 6.45) is 0. The molecule has 0 amide bonds. The molecule has 0 aliphatic rings. The smallest absolute Gasteiger partial charge is 0.350 e. The number of nitrogens with zero attached hydrogens (tertiary/aromatic N) is 5. The summed E-state index contributed by atoms with van der Waals surface area (Å²) >= 11 is 3.03. The lowest BCUT2D eigenvalue weighted by Gasteiger charge is -2.11. The molecule has 0 radical (unpaired) electrons. The van der Waals surface area contributed by atoms with Gasteiger partial charge in [-0.1, -0.05) is 67.2 Å². The van der Waals surface area contributed by atoms with Crippen LogP contribution in [0.3, 0.4) is 0 Å². The van der Waals surface area contributed by atoms with Crippen LogP contribution < -0.4 is 0 Å². The van der Waals surface area contributed by atoms with E-state index in [-0.39, 0.29) is 5.97 Å². The number of esters is 1. The number of aromatic amines is 1. The van der Waals surface area contributed by atoms with Crippen molar-refractivity contribution in [2.75, 3.05) is 12.9 Å². The van der Waals surface area contributed by atoms with E-state index in [4.69, 9.17) is 9.72 Å². The van der Waals surface area contributed by atoms with Crippen molar-refractivity contribution in [1.82, 2.24) is 30.2 Å². The van der Waals surface area contributed by atoms with Crippen molar-refractivity contribution in [3.05, 3.63) is 64.4 Å². The molecule has 2 aromatic carbocycles. The van der Waals surface area contributed by atoms with Crippen LogP contribution in [0, 0.1) is 0 Å². The molecule has 5 aromatic rings. The highest BCUT2D eigenvalue weighted by atomic mass is 32.2. The number of tetrazole rings is 1. The summed E-state index contributed by atoms with van der Waals surface area (Å²) in [6, 6.07) is 16.3. The van der Waals surface area contributed by atoms with Gasteiger partial charge in [-0.3, -0.25) is 0 Å². The van der Waals surface area contributed by atoms with Gasteiger partial charge in [0.1, 0.15) is 10.4 Å². The number of ether oxygens (including phenoxy) is 1. The van der Waals surface area contributed by atoms with Crippen LogP contribution in [-0.2, 0) is 11.3 Å². The van der Waals surface area contributed by atoms with Crippen molar-refractivity contribution in [3.63, 3.8) is 0 Å². The number of imidazole rings is 1. The zero-order chi connectivity index (χ0) is 22.8. The van der Waals surface area contributed by atoms with Crippen LogP contribution in [0.4, 0.5) is 0 Å². The van der Waals surface area contributed by atoms with E-state index in [1.165, 1.54) is 18.4 Å². The molecule has 10 heteroatoms. The molecule has 0 saturated carbocycles. The van der Waals surface area contributed by atoms with Gasteiger partial charge in [0, 0.05) is 10.9 Å². The summed E-state index contributed by atoms with van der Waals surface area (Å²) in [6.45, 7) is 2.69. The Hall–Kier alpha value is -3.50. The third kappa shape index (κ3) is 4.03. The molecule has 0 aliphatic heterocycles. The van der Waals surface area contributed by atoms with Gasteiger partial charge >= 0.3 is 5.97 Å². The van der Waals surface area contributed by atoms with E-state index in [2.05, 4.69) is 56.4 Å². The minimum absolute atomic E-state index is 0.336. The molecule has 5 rings (SSSR count). The van der Waals surface area contributed by atoms with Crippen LogP contribution in [0.1, 0.15) is 22.2 Å². The average molecular weight is 477 g/mol. The third-order valence-corrected chi connectivity index (χ3v) is 7.02. The Morgan fingerprint density at radius 3 is 2.64 bits per heavy atom. The zero-order valence-corrected chi connectivity index (χ0v) is 19.6. The summed E-state index contributed by atoms with van der Waals surface area (Å²) in [5, 5.41) is 17.2. The van der Waals surface area contributed by atoms with Crippen molar-refractivity contribution in [3.8, 4) is 22.5 Å². The van der Waals surface area contributed by atoms with Crippen molar-refractivity contribution < 1.29 is 9.53 Å². The second-order valence-corrected chi connectivity index (χ2v) is 9.29. The average Bonchev–Trinajstić information content (AvgIpc) is 3.58. The Labute approximate surface area is 198 Å². The van der Waals surface area contributed by atoms with Crippen molar-refractivity contribution in [1.29, 1.82) is 0 Å². The van der Waals surface area contributed by atoms with Gasteiger partial charge in [0.05, 0.1) is 19.2 Å². The second kappa shape index (κ2) is 9.16. The van der Waals surface area contributed by atoms with Gasteiger partial charge < -0.3 is 9.30 Å². The molecule has 0 aliphatic carbocycles. The molecular weight excluding hydrogens is 456 g/mol. The fourth-order valence-corrected chi connectivity index (χ4v) is 5.38. The van der Waals surface area contributed by atoms with Crippen LogP contribution in [0.2, 0.25) is 0 Å². The molecule has 0 fully saturated rings. The Morgan fingerprint density at radius 1 is 1.15 bits per heavy atom. The van der Waals surface area contributed by atoms with Crippen LogP contribution in [0.5, 0.6) is 0 Å². The highest BCUT2D eigenvalue weighted by Crippen LogP contribution is 2.33. The lowest BCUT2D eigenvalue weighted by atomic mass is 9.98. The van der Waals surface area contributed by atoms with Gasteiger partial charge in [-0.05, 0) is 27.7 Å². The number of carbonyl (C=O) groups excluding carboxylic acids is 1. The fraction of sp³-hybridized carbons (Fsp3) is 0.174. The van der Waals surface area contributed by atoms with Crippen LogP contribution in [0.15, 0.2) is 59.1 Å². The molecule has 0 unspecified atom stereocenters. The number of thioether (sulfide) groups is 1. The predicted molar refractivity (Wildman–Crippen MR) is 129 cm³/mol. The SMILES string of the molecule is CCSc1nc2csc(C(=O)OC)c2n1Cc1ccc(-c2ccccc2-c2nn[nH]n2)cc1. The highest BCUT2D eigenvalue weighted by Gasteiger charge is 2.21. The number of fused-ring (bicyclic) bond motifs is 1. The van der Waals surface area contributed by atoms with E-state index < -0.39 is 0 Å². The van der Waals surface area contributed by atoms with E-state index in [1.807, 2.05) is 29.6 Å². The van der Waals surface area contributed by atoms with E-state index in [0.717, 1.165) is 44.2 Å². The maximum Gasteiger partial charge on any atom is 0.350 e. The van der Waals surface area contributed by atoms with E-state index in [9.17, 15) is 4.79 Å². The van der Waals surface area contributed by atoms with E-state index >= 15 is 0 Å². The number of H-pyrrole nitrogens is 1. The molecule has 3 aromatic heterocycles. The first-order valence-electron chi connectivity index (χ1n) is 10.3. The van der Waals surface area contributed by atoms with E-state index in [0.29, 0.717) is 17.2 Å². The normalized spacial score (nSPS) is 11.2. The lowest BCUT2D eigenvalue weighted by Crippen LogP contribution is -2.06. The summed E-state index contributed by atoms with van der Waals surface area (Å²) in [5.41, 5.74) is 5.76. The van der Waals surface area contributed by atoms with Crippen molar-refractivity contribution in [2.45, 2.75) is 18.6 Å². The largest absolute Gasteiger partial charge is 0.465 e. The Bertz CT molecular complexity index is 1410. The molecule has 8 nitrogen and oxygen atoms in total. The van der Waals surface area contributed by atoms with Gasteiger partial charge in [-0.15, -0.1) is 21.5 Å². The second-order valence-electron chi connectivity index (χ2n) is 7.18. The third-order valence-electron chi connectivity index (χ3n) is 5.23. The minimum Gasteiger partial charge on any atom is -0.465 e. The van der Waals surface area contributed by atoms with Crippen LogP contribution in [-0.4, -0.2) is 49.0 Å². The van der Waals surface area contributed by atoms with Crippen molar-refractivity contribution in [2.24, 2.45) is 0 Å². The fourth-order valence-electron chi connectivity index (χ4n) is 3.74. The number of rotatable bonds is 7. The van der Waals surface area contributed by atoms with Gasteiger partial charge in [0.2, 0.25) is 5.82 Å². The number of aromatic nitrogens is 6. The van der Waals surface area contributed by atoms with E-state index in [1.54, 1.807) is 11.8 Å². The molecular formula is C23H20N6O2S2. The first-order chi connectivity index (χ1) is 16.2. The standard InChI is InChI=1S/C23H20N6O2S2/c1-3-32-23-24-18-13-33-20(22(30)31-2)19(18)29(23)12-14-8-10-15(11-9-14)16-6-4-5-7-17(16)21-25-27-28-26-21/h4-11,13H,3,12H2,1-2H3,(H,25,26,27,28). The minimum atomic E-state index is -0.336. The molecule has 0 saturated heterocycles. The first kappa shape index (κ1) is 21.4. The Morgan fingerprint density at radius 2 is 1.94 bits per heavy atom. The summed E-state index contributed by atoms with van der Waals surface area (Å²) in [4.78, 5) is 17.6. The number of benzene rings is 2. The van der Waals surface area contributed by atoms with Gasteiger partial charge in [0.25, 0.3) is 0 Å².